The minimum absolute atomic E-state index is 0.0199. The maximum Gasteiger partial charge on any atom is 0.231 e. The number of nitrogens with one attached hydrogen (secondary N) is 1. The molecule has 1 aromatic rings. The molecule has 26 heavy (non-hydrogen) atoms. The highest BCUT2D eigenvalue weighted by Gasteiger charge is 2.29. The molecule has 8 heteroatoms. The number of carbonyl (C=O) groups excluding carboxylic acids is 2. The highest BCUT2D eigenvalue weighted by Crippen LogP contribution is 2.35. The van der Waals surface area contributed by atoms with Crippen LogP contribution in [-0.4, -0.2) is 52.6 Å². The van der Waals surface area contributed by atoms with Gasteiger partial charge in [-0.25, -0.2) is 4.98 Å². The molecule has 1 saturated heterocycles. The van der Waals surface area contributed by atoms with Crippen LogP contribution >= 0.6 is 23.1 Å². The lowest BCUT2D eigenvalue weighted by atomic mass is 9.92. The number of primary amides is 1. The molecule has 2 aliphatic rings. The van der Waals surface area contributed by atoms with Gasteiger partial charge in [0.15, 0.2) is 0 Å². The van der Waals surface area contributed by atoms with E-state index >= 15 is 0 Å². The number of rotatable bonds is 6. The molecule has 6 nitrogen and oxygen atoms in total. The van der Waals surface area contributed by atoms with Gasteiger partial charge >= 0.3 is 0 Å². The van der Waals surface area contributed by atoms with Gasteiger partial charge in [-0.2, -0.15) is 0 Å². The summed E-state index contributed by atoms with van der Waals surface area (Å²) >= 11 is 3.61. The summed E-state index contributed by atoms with van der Waals surface area (Å²) in [5, 5.41) is 5.95. The van der Waals surface area contributed by atoms with Gasteiger partial charge in [-0.1, -0.05) is 11.8 Å². The summed E-state index contributed by atoms with van der Waals surface area (Å²) < 4.78 is 1.16. The average molecular weight is 397 g/mol. The molecule has 144 valence electrons. The fraction of sp³-hybridized carbons (Fsp3) is 0.722. The molecule has 2 heterocycles. The van der Waals surface area contributed by atoms with Gasteiger partial charge in [0.05, 0.1) is 12.5 Å². The number of aryl methyl sites for hydroxylation is 1. The highest BCUT2D eigenvalue weighted by molar-refractivity contribution is 8.01. The molecule has 1 atom stereocenters. The van der Waals surface area contributed by atoms with Crippen LogP contribution in [0.15, 0.2) is 9.72 Å². The van der Waals surface area contributed by atoms with Crippen LogP contribution in [0.2, 0.25) is 0 Å². The molecule has 0 spiro atoms. The number of carbonyl (C=O) groups is 2. The number of amides is 2. The molecule has 1 aromatic heterocycles. The maximum absolute atomic E-state index is 12.6. The van der Waals surface area contributed by atoms with E-state index in [4.69, 9.17) is 5.73 Å². The van der Waals surface area contributed by atoms with Crippen LogP contribution in [0, 0.1) is 12.8 Å². The van der Waals surface area contributed by atoms with Crippen LogP contribution in [0.4, 0.5) is 0 Å². The third-order valence-electron chi connectivity index (χ3n) is 5.14. The quantitative estimate of drug-likeness (QED) is 0.769. The van der Waals surface area contributed by atoms with Crippen LogP contribution in [0.5, 0.6) is 0 Å². The fourth-order valence-corrected chi connectivity index (χ4v) is 6.09. The Morgan fingerprint density at radius 2 is 2.12 bits per heavy atom. The first-order valence-corrected chi connectivity index (χ1v) is 11.2. The van der Waals surface area contributed by atoms with Crippen LogP contribution in [0.25, 0.3) is 0 Å². The molecule has 3 rings (SSSR count). The van der Waals surface area contributed by atoms with E-state index in [0.29, 0.717) is 11.8 Å². The molecular formula is C18H28N4O2S2. The minimum atomic E-state index is -0.322. The molecule has 1 unspecified atom stereocenters. The molecule has 2 fully saturated rings. The third-order valence-corrected chi connectivity index (χ3v) is 7.57. The van der Waals surface area contributed by atoms with Crippen molar-refractivity contribution in [3.8, 4) is 0 Å². The molecular weight excluding hydrogens is 368 g/mol. The molecule has 3 N–H and O–H groups in total. The van der Waals surface area contributed by atoms with Crippen LogP contribution < -0.4 is 11.1 Å². The maximum atomic E-state index is 12.6. The van der Waals surface area contributed by atoms with E-state index in [1.807, 2.05) is 23.6 Å². The van der Waals surface area contributed by atoms with Crippen molar-refractivity contribution in [2.45, 2.75) is 61.1 Å². The summed E-state index contributed by atoms with van der Waals surface area (Å²) in [6.07, 6.45) is 6.15. The Labute approximate surface area is 163 Å². The number of hydrogen-bond acceptors (Lipinski definition) is 6. The van der Waals surface area contributed by atoms with Crippen molar-refractivity contribution in [1.82, 2.24) is 15.2 Å². The number of piperidine rings is 1. The van der Waals surface area contributed by atoms with Crippen LogP contribution in [0.3, 0.4) is 0 Å². The monoisotopic (exact) mass is 396 g/mol. The van der Waals surface area contributed by atoms with Gasteiger partial charge in [0.1, 0.15) is 4.34 Å². The van der Waals surface area contributed by atoms with Crippen molar-refractivity contribution < 1.29 is 9.59 Å². The number of thiazole rings is 1. The predicted molar refractivity (Wildman–Crippen MR) is 105 cm³/mol. The summed E-state index contributed by atoms with van der Waals surface area (Å²) in [5.74, 6) is -0.198. The highest BCUT2D eigenvalue weighted by atomic mass is 32.2. The molecule has 0 bridgehead atoms. The zero-order valence-electron chi connectivity index (χ0n) is 15.3. The normalized spacial score (nSPS) is 27.2. The topological polar surface area (TPSA) is 88.3 Å². The second kappa shape index (κ2) is 9.19. The first kappa shape index (κ1) is 19.6. The van der Waals surface area contributed by atoms with Crippen molar-refractivity contribution in [2.75, 3.05) is 19.6 Å². The van der Waals surface area contributed by atoms with E-state index in [9.17, 15) is 9.59 Å². The lowest BCUT2D eigenvalue weighted by Crippen LogP contribution is -2.48. The van der Waals surface area contributed by atoms with Crippen LogP contribution in [-0.2, 0) is 9.59 Å². The second-order valence-corrected chi connectivity index (χ2v) is 9.80. The Bertz CT molecular complexity index is 628. The summed E-state index contributed by atoms with van der Waals surface area (Å²) in [6, 6.07) is 0.281. The lowest BCUT2D eigenvalue weighted by Gasteiger charge is -2.33. The molecule has 1 saturated carbocycles. The molecule has 2 amide bonds. The van der Waals surface area contributed by atoms with Crippen molar-refractivity contribution in [3.63, 3.8) is 0 Å². The van der Waals surface area contributed by atoms with Crippen molar-refractivity contribution >= 4 is 34.9 Å². The Morgan fingerprint density at radius 3 is 2.77 bits per heavy atom. The van der Waals surface area contributed by atoms with E-state index in [0.717, 1.165) is 55.1 Å². The fourth-order valence-electron chi connectivity index (χ4n) is 3.81. The predicted octanol–water partition coefficient (Wildman–Crippen LogP) is 2.17. The average Bonchev–Trinajstić information content (AvgIpc) is 3.01. The number of hydrogen-bond donors (Lipinski definition) is 2. The molecule has 1 aliphatic heterocycles. The Hall–Kier alpha value is -1.12. The molecule has 0 radical (unpaired) electrons. The van der Waals surface area contributed by atoms with E-state index in [2.05, 4.69) is 15.7 Å². The summed E-state index contributed by atoms with van der Waals surface area (Å²) in [7, 11) is 0. The lowest BCUT2D eigenvalue weighted by molar-refractivity contribution is -0.129. The standard InChI is InChI=1S/C18H28N4O2S2/c1-12-11-25-18(20-12)26-15-6-4-14(5-7-15)21-17(24)13-3-2-8-22(9-13)10-16(19)23/h11,13-15H,2-10H2,1H3,(H2,19,23)(H,21,24). The number of thioether (sulfide) groups is 1. The zero-order valence-corrected chi connectivity index (χ0v) is 16.9. The minimum Gasteiger partial charge on any atom is -0.369 e. The van der Waals surface area contributed by atoms with Gasteiger partial charge in [-0.05, 0) is 52.0 Å². The van der Waals surface area contributed by atoms with Gasteiger partial charge in [-0.3, -0.25) is 14.5 Å². The van der Waals surface area contributed by atoms with Gasteiger partial charge < -0.3 is 11.1 Å². The molecule has 0 aromatic carbocycles. The Balaban J connectivity index is 1.41. The Kier molecular flexibility index (Phi) is 6.94. The summed E-state index contributed by atoms with van der Waals surface area (Å²) in [5.41, 5.74) is 6.37. The Morgan fingerprint density at radius 1 is 1.35 bits per heavy atom. The van der Waals surface area contributed by atoms with Gasteiger partial charge in [0.25, 0.3) is 0 Å². The van der Waals surface area contributed by atoms with E-state index < -0.39 is 0 Å². The van der Waals surface area contributed by atoms with Crippen molar-refractivity contribution in [3.05, 3.63) is 11.1 Å². The van der Waals surface area contributed by atoms with E-state index in [1.54, 1.807) is 11.3 Å². The number of likely N-dealkylation sites (tertiary alicyclic amines) is 1. The zero-order chi connectivity index (χ0) is 18.5. The van der Waals surface area contributed by atoms with Gasteiger partial charge in [0, 0.05) is 28.9 Å². The molecule has 1 aliphatic carbocycles. The van der Waals surface area contributed by atoms with Gasteiger partial charge in [0.2, 0.25) is 11.8 Å². The summed E-state index contributed by atoms with van der Waals surface area (Å²) in [4.78, 5) is 30.2. The second-order valence-electron chi connectivity index (χ2n) is 7.40. The van der Waals surface area contributed by atoms with E-state index in [1.165, 1.54) is 0 Å². The number of nitrogens with zero attached hydrogens (tertiary/aromatic N) is 2. The SMILES string of the molecule is Cc1csc(SC2CCC(NC(=O)C3CCCN(CC(N)=O)C3)CC2)n1. The van der Waals surface area contributed by atoms with Gasteiger partial charge in [-0.15, -0.1) is 11.3 Å². The smallest absolute Gasteiger partial charge is 0.231 e. The van der Waals surface area contributed by atoms with Crippen molar-refractivity contribution in [1.29, 1.82) is 0 Å². The third kappa shape index (κ3) is 5.69. The number of nitrogens with two attached hydrogens (primary N) is 1. The van der Waals surface area contributed by atoms with Crippen molar-refractivity contribution in [2.24, 2.45) is 11.7 Å². The number of aromatic nitrogens is 1. The summed E-state index contributed by atoms with van der Waals surface area (Å²) in [6.45, 7) is 3.78. The van der Waals surface area contributed by atoms with Crippen LogP contribution in [0.1, 0.15) is 44.2 Å². The first-order valence-electron chi connectivity index (χ1n) is 9.39. The van der Waals surface area contributed by atoms with E-state index in [-0.39, 0.29) is 30.3 Å². The largest absolute Gasteiger partial charge is 0.369 e. The first-order chi connectivity index (χ1) is 12.5.